The first kappa shape index (κ1) is 16.0. The Kier molecular flexibility index (Phi) is 7.83. The number of nitrogens with one attached hydrogen (secondary N) is 2. The van der Waals surface area contributed by atoms with E-state index < -0.39 is 0 Å². The molecule has 2 amide bonds. The topological polar surface area (TPSA) is 76.7 Å². The predicted molar refractivity (Wildman–Crippen MR) is 74.4 cm³/mol. The van der Waals surface area contributed by atoms with Gasteiger partial charge in [-0.2, -0.15) is 0 Å². The van der Waals surface area contributed by atoms with Crippen molar-refractivity contribution in [1.82, 2.24) is 10.6 Å². The Morgan fingerprint density at radius 2 is 1.85 bits per heavy atom. The molecule has 0 atom stereocenters. The van der Waals surface area contributed by atoms with Gasteiger partial charge in [-0.3, -0.25) is 9.59 Å². The Morgan fingerprint density at radius 3 is 2.55 bits per heavy atom. The molecule has 0 fully saturated rings. The van der Waals surface area contributed by atoms with Gasteiger partial charge in [-0.15, -0.1) is 0 Å². The molecule has 0 aliphatic carbocycles. The number of methoxy groups -OCH3 is 1. The summed E-state index contributed by atoms with van der Waals surface area (Å²) in [6.45, 7) is 0.964. The molecule has 0 aliphatic rings. The molecule has 6 nitrogen and oxygen atoms in total. The zero-order chi connectivity index (χ0) is 14.6. The fraction of sp³-hybridized carbons (Fsp3) is 0.429. The number of rotatable bonds is 9. The van der Waals surface area contributed by atoms with Gasteiger partial charge in [0.05, 0.1) is 6.54 Å². The number of amides is 2. The molecular weight excluding hydrogens is 260 g/mol. The van der Waals surface area contributed by atoms with E-state index in [0.717, 1.165) is 6.42 Å². The van der Waals surface area contributed by atoms with Gasteiger partial charge in [0, 0.05) is 20.3 Å². The van der Waals surface area contributed by atoms with Crippen molar-refractivity contribution >= 4 is 11.8 Å². The maximum Gasteiger partial charge on any atom is 0.258 e. The minimum absolute atomic E-state index is 0.0516. The number of ether oxygens (including phenoxy) is 2. The zero-order valence-corrected chi connectivity index (χ0v) is 11.6. The summed E-state index contributed by atoms with van der Waals surface area (Å²) in [5, 5.41) is 5.16. The van der Waals surface area contributed by atoms with Crippen LogP contribution in [0.5, 0.6) is 5.75 Å². The smallest absolute Gasteiger partial charge is 0.258 e. The maximum absolute atomic E-state index is 11.5. The van der Waals surface area contributed by atoms with Gasteiger partial charge >= 0.3 is 0 Å². The molecule has 0 bridgehead atoms. The van der Waals surface area contributed by atoms with Crippen molar-refractivity contribution < 1.29 is 19.1 Å². The summed E-state index contributed by atoms with van der Waals surface area (Å²) in [5.41, 5.74) is 0. The third-order valence-corrected chi connectivity index (χ3v) is 2.41. The molecule has 1 aromatic carbocycles. The van der Waals surface area contributed by atoms with Crippen LogP contribution in [0.2, 0.25) is 0 Å². The number of carbonyl (C=O) groups excluding carboxylic acids is 2. The van der Waals surface area contributed by atoms with Gasteiger partial charge in [0.25, 0.3) is 5.91 Å². The molecule has 0 saturated heterocycles. The summed E-state index contributed by atoms with van der Waals surface area (Å²) < 4.78 is 10.1. The summed E-state index contributed by atoms with van der Waals surface area (Å²) in [5.74, 6) is 0.0572. The fourth-order valence-electron chi connectivity index (χ4n) is 1.40. The van der Waals surface area contributed by atoms with E-state index in [4.69, 9.17) is 9.47 Å². The molecule has 0 spiro atoms. The average molecular weight is 280 g/mol. The Bertz CT molecular complexity index is 409. The Morgan fingerprint density at radius 1 is 1.10 bits per heavy atom. The van der Waals surface area contributed by atoms with Crippen molar-refractivity contribution in [3.05, 3.63) is 30.3 Å². The highest BCUT2D eigenvalue weighted by Crippen LogP contribution is 2.07. The Labute approximate surface area is 118 Å². The predicted octanol–water partition coefficient (Wildman–Crippen LogP) is 0.334. The molecule has 1 aromatic rings. The largest absolute Gasteiger partial charge is 0.484 e. The second-order valence-corrected chi connectivity index (χ2v) is 4.07. The van der Waals surface area contributed by atoms with Crippen molar-refractivity contribution in [3.8, 4) is 5.75 Å². The summed E-state index contributed by atoms with van der Waals surface area (Å²) >= 11 is 0. The minimum Gasteiger partial charge on any atom is -0.484 e. The van der Waals surface area contributed by atoms with E-state index in [1.54, 1.807) is 19.2 Å². The monoisotopic (exact) mass is 280 g/mol. The number of carbonyl (C=O) groups is 2. The van der Waals surface area contributed by atoms with Crippen LogP contribution >= 0.6 is 0 Å². The molecule has 110 valence electrons. The van der Waals surface area contributed by atoms with Crippen LogP contribution in [0.25, 0.3) is 0 Å². The van der Waals surface area contributed by atoms with Crippen molar-refractivity contribution in [2.24, 2.45) is 0 Å². The Hall–Kier alpha value is -2.08. The molecule has 2 N–H and O–H groups in total. The molecule has 1 rings (SSSR count). The van der Waals surface area contributed by atoms with E-state index >= 15 is 0 Å². The van der Waals surface area contributed by atoms with Crippen molar-refractivity contribution in [1.29, 1.82) is 0 Å². The SMILES string of the molecule is COCCCNC(=O)CNC(=O)COc1ccccc1. The number of hydrogen-bond donors (Lipinski definition) is 2. The van der Waals surface area contributed by atoms with Crippen molar-refractivity contribution in [2.45, 2.75) is 6.42 Å². The summed E-state index contributed by atoms with van der Waals surface area (Å²) in [6, 6.07) is 9.02. The molecule has 6 heteroatoms. The highest BCUT2D eigenvalue weighted by Gasteiger charge is 2.05. The number of benzene rings is 1. The zero-order valence-electron chi connectivity index (χ0n) is 11.6. The molecule has 20 heavy (non-hydrogen) atoms. The standard InChI is InChI=1S/C14H20N2O4/c1-19-9-5-8-15-13(17)10-16-14(18)11-20-12-6-3-2-4-7-12/h2-4,6-7H,5,8-11H2,1H3,(H,15,17)(H,16,18). The number of para-hydroxylation sites is 1. The minimum atomic E-state index is -0.333. The molecular formula is C14H20N2O4. The van der Waals surface area contributed by atoms with Crippen molar-refractivity contribution in [2.75, 3.05) is 33.4 Å². The lowest BCUT2D eigenvalue weighted by molar-refractivity contribution is -0.127. The van der Waals surface area contributed by atoms with Gasteiger partial charge in [-0.05, 0) is 18.6 Å². The van der Waals surface area contributed by atoms with Gasteiger partial charge in [-0.25, -0.2) is 0 Å². The second-order valence-electron chi connectivity index (χ2n) is 4.07. The third kappa shape index (κ3) is 7.38. The van der Waals surface area contributed by atoms with Gasteiger partial charge < -0.3 is 20.1 Å². The summed E-state index contributed by atoms with van der Waals surface area (Å²) in [7, 11) is 1.61. The van der Waals surface area contributed by atoms with E-state index in [0.29, 0.717) is 18.9 Å². The molecule has 0 saturated carbocycles. The van der Waals surface area contributed by atoms with Gasteiger partial charge in [0.2, 0.25) is 5.91 Å². The average Bonchev–Trinajstić information content (AvgIpc) is 2.48. The first-order valence-corrected chi connectivity index (χ1v) is 6.42. The second kappa shape index (κ2) is 9.80. The fourth-order valence-corrected chi connectivity index (χ4v) is 1.40. The van der Waals surface area contributed by atoms with Gasteiger partial charge in [0.1, 0.15) is 5.75 Å². The first-order chi connectivity index (χ1) is 9.72. The summed E-state index contributed by atoms with van der Waals surface area (Å²) in [4.78, 5) is 22.8. The normalized spacial score (nSPS) is 9.85. The van der Waals surface area contributed by atoms with Crippen LogP contribution in [-0.4, -0.2) is 45.2 Å². The van der Waals surface area contributed by atoms with Crippen LogP contribution in [0.15, 0.2) is 30.3 Å². The highest BCUT2D eigenvalue weighted by molar-refractivity contribution is 5.85. The lowest BCUT2D eigenvalue weighted by atomic mass is 10.3. The maximum atomic E-state index is 11.5. The van der Waals surface area contributed by atoms with Crippen molar-refractivity contribution in [3.63, 3.8) is 0 Å². The quantitative estimate of drug-likeness (QED) is 0.639. The van der Waals surface area contributed by atoms with Crippen LogP contribution in [0.4, 0.5) is 0 Å². The van der Waals surface area contributed by atoms with Crippen LogP contribution in [0, 0.1) is 0 Å². The lowest BCUT2D eigenvalue weighted by Gasteiger charge is -2.08. The van der Waals surface area contributed by atoms with Crippen LogP contribution in [0.1, 0.15) is 6.42 Å². The summed E-state index contributed by atoms with van der Waals surface area (Å²) in [6.07, 6.45) is 0.743. The van der Waals surface area contributed by atoms with Crippen LogP contribution in [0.3, 0.4) is 0 Å². The van der Waals surface area contributed by atoms with E-state index in [2.05, 4.69) is 10.6 Å². The van der Waals surface area contributed by atoms with E-state index in [-0.39, 0.29) is 25.0 Å². The molecule has 0 aliphatic heterocycles. The van der Waals surface area contributed by atoms with E-state index in [9.17, 15) is 9.59 Å². The highest BCUT2D eigenvalue weighted by atomic mass is 16.5. The van der Waals surface area contributed by atoms with Crippen LogP contribution < -0.4 is 15.4 Å². The Balaban J connectivity index is 2.09. The molecule has 0 aromatic heterocycles. The van der Waals surface area contributed by atoms with Gasteiger partial charge in [0.15, 0.2) is 6.61 Å². The molecule has 0 radical (unpaired) electrons. The van der Waals surface area contributed by atoms with E-state index in [1.807, 2.05) is 18.2 Å². The molecule has 0 unspecified atom stereocenters. The third-order valence-electron chi connectivity index (χ3n) is 2.41. The molecule has 0 heterocycles. The number of hydrogen-bond acceptors (Lipinski definition) is 4. The van der Waals surface area contributed by atoms with Crippen LogP contribution in [-0.2, 0) is 14.3 Å². The first-order valence-electron chi connectivity index (χ1n) is 6.42. The lowest BCUT2D eigenvalue weighted by Crippen LogP contribution is -2.39. The van der Waals surface area contributed by atoms with E-state index in [1.165, 1.54) is 0 Å². The van der Waals surface area contributed by atoms with Gasteiger partial charge in [-0.1, -0.05) is 18.2 Å².